The van der Waals surface area contributed by atoms with Gasteiger partial charge in [0.2, 0.25) is 0 Å². The number of hydrogen-bond acceptors (Lipinski definition) is 4. The number of rotatable bonds is 3. The molecular formula is C15H14N2OS2. The second-order valence-electron chi connectivity index (χ2n) is 4.67. The summed E-state index contributed by atoms with van der Waals surface area (Å²) in [6.07, 6.45) is 0. The molecule has 3 N–H and O–H groups in total. The number of carbonyl (C=O) groups excluding carboxylic acids is 1. The molecule has 0 atom stereocenters. The van der Waals surface area contributed by atoms with E-state index in [1.165, 1.54) is 22.5 Å². The normalized spacial score (nSPS) is 10.8. The number of nitrogens with two attached hydrogens (primary N) is 1. The van der Waals surface area contributed by atoms with Crippen LogP contribution in [-0.2, 0) is 6.54 Å². The fourth-order valence-electron chi connectivity index (χ4n) is 2.00. The van der Waals surface area contributed by atoms with Gasteiger partial charge in [0.05, 0.1) is 4.88 Å². The number of amides is 1. The Kier molecular flexibility index (Phi) is 3.46. The molecule has 102 valence electrons. The minimum Gasteiger partial charge on any atom is -0.399 e. The van der Waals surface area contributed by atoms with Crippen LogP contribution in [0, 0.1) is 6.92 Å². The third kappa shape index (κ3) is 2.55. The van der Waals surface area contributed by atoms with Gasteiger partial charge in [0.25, 0.3) is 5.91 Å². The van der Waals surface area contributed by atoms with E-state index in [9.17, 15) is 4.79 Å². The summed E-state index contributed by atoms with van der Waals surface area (Å²) in [5.74, 6) is -0.0321. The maximum absolute atomic E-state index is 12.2. The molecule has 3 aromatic rings. The van der Waals surface area contributed by atoms with Crippen molar-refractivity contribution in [2.24, 2.45) is 0 Å². The first kappa shape index (κ1) is 13.1. The molecule has 0 bridgehead atoms. The summed E-state index contributed by atoms with van der Waals surface area (Å²) >= 11 is 3.15. The van der Waals surface area contributed by atoms with Gasteiger partial charge in [0.1, 0.15) is 0 Å². The molecule has 0 aliphatic rings. The van der Waals surface area contributed by atoms with Crippen molar-refractivity contribution in [2.45, 2.75) is 13.5 Å². The third-order valence-corrected chi connectivity index (χ3v) is 5.19. The number of fused-ring (bicyclic) bond motifs is 1. The van der Waals surface area contributed by atoms with E-state index in [0.717, 1.165) is 20.7 Å². The topological polar surface area (TPSA) is 55.1 Å². The lowest BCUT2D eigenvalue weighted by Gasteiger charge is -2.02. The molecule has 0 saturated heterocycles. The zero-order chi connectivity index (χ0) is 14.1. The van der Waals surface area contributed by atoms with Gasteiger partial charge in [0.15, 0.2) is 0 Å². The van der Waals surface area contributed by atoms with Crippen LogP contribution < -0.4 is 11.1 Å². The van der Waals surface area contributed by atoms with E-state index >= 15 is 0 Å². The zero-order valence-electron chi connectivity index (χ0n) is 11.0. The molecular weight excluding hydrogens is 288 g/mol. The van der Waals surface area contributed by atoms with Crippen LogP contribution in [0.5, 0.6) is 0 Å². The quantitative estimate of drug-likeness (QED) is 0.723. The van der Waals surface area contributed by atoms with Crippen LogP contribution in [0.2, 0.25) is 0 Å². The van der Waals surface area contributed by atoms with Crippen molar-refractivity contribution in [1.82, 2.24) is 5.32 Å². The maximum atomic E-state index is 12.2. The van der Waals surface area contributed by atoms with Gasteiger partial charge in [-0.3, -0.25) is 4.79 Å². The van der Waals surface area contributed by atoms with Crippen LogP contribution in [0.3, 0.4) is 0 Å². The van der Waals surface area contributed by atoms with Gasteiger partial charge in [-0.2, -0.15) is 11.3 Å². The van der Waals surface area contributed by atoms with Gasteiger partial charge in [0, 0.05) is 16.9 Å². The molecule has 20 heavy (non-hydrogen) atoms. The summed E-state index contributed by atoms with van der Waals surface area (Å²) in [6, 6.07) is 7.60. The Morgan fingerprint density at radius 2 is 2.15 bits per heavy atom. The fraction of sp³-hybridized carbons (Fsp3) is 0.133. The molecule has 0 fully saturated rings. The van der Waals surface area contributed by atoms with Crippen molar-refractivity contribution in [2.75, 3.05) is 5.73 Å². The Bertz CT molecular complexity index is 773. The minimum atomic E-state index is -0.0321. The Morgan fingerprint density at radius 1 is 1.30 bits per heavy atom. The SMILES string of the molecule is Cc1cscc1CNC(=O)c1cc2cc(N)ccc2s1. The van der Waals surface area contributed by atoms with Crippen LogP contribution in [0.25, 0.3) is 10.1 Å². The van der Waals surface area contributed by atoms with Gasteiger partial charge >= 0.3 is 0 Å². The predicted molar refractivity (Wildman–Crippen MR) is 86.5 cm³/mol. The first-order chi connectivity index (χ1) is 9.63. The summed E-state index contributed by atoms with van der Waals surface area (Å²) < 4.78 is 1.08. The Balaban J connectivity index is 1.77. The van der Waals surface area contributed by atoms with Gasteiger partial charge in [-0.25, -0.2) is 0 Å². The molecule has 1 amide bonds. The predicted octanol–water partition coefficient (Wildman–Crippen LogP) is 3.78. The molecule has 5 heteroatoms. The van der Waals surface area contributed by atoms with Crippen molar-refractivity contribution in [3.63, 3.8) is 0 Å². The monoisotopic (exact) mass is 302 g/mol. The smallest absolute Gasteiger partial charge is 0.261 e. The fourth-order valence-corrected chi connectivity index (χ4v) is 3.82. The molecule has 0 spiro atoms. The molecule has 3 nitrogen and oxygen atoms in total. The van der Waals surface area contributed by atoms with Crippen LogP contribution in [-0.4, -0.2) is 5.91 Å². The van der Waals surface area contributed by atoms with E-state index in [-0.39, 0.29) is 5.91 Å². The number of carbonyl (C=O) groups is 1. The molecule has 2 heterocycles. The van der Waals surface area contributed by atoms with E-state index in [4.69, 9.17) is 5.73 Å². The van der Waals surface area contributed by atoms with Crippen molar-refractivity contribution >= 4 is 44.4 Å². The highest BCUT2D eigenvalue weighted by molar-refractivity contribution is 7.20. The van der Waals surface area contributed by atoms with E-state index in [2.05, 4.69) is 23.0 Å². The molecule has 0 saturated carbocycles. The maximum Gasteiger partial charge on any atom is 0.261 e. The lowest BCUT2D eigenvalue weighted by molar-refractivity contribution is 0.0955. The van der Waals surface area contributed by atoms with Crippen molar-refractivity contribution in [3.05, 3.63) is 51.0 Å². The Hall–Kier alpha value is -1.85. The van der Waals surface area contributed by atoms with Gasteiger partial charge in [-0.05, 0) is 58.5 Å². The number of nitrogen functional groups attached to an aromatic ring is 1. The summed E-state index contributed by atoms with van der Waals surface area (Å²) in [4.78, 5) is 12.9. The van der Waals surface area contributed by atoms with Crippen LogP contribution in [0.1, 0.15) is 20.8 Å². The summed E-state index contributed by atoms with van der Waals surface area (Å²) in [6.45, 7) is 2.63. The molecule has 3 rings (SSSR count). The standard InChI is InChI=1S/C15H14N2OS2/c1-9-7-19-8-11(9)6-17-15(18)14-5-10-4-12(16)2-3-13(10)20-14/h2-5,7-8H,6,16H2,1H3,(H,17,18). The van der Waals surface area contributed by atoms with Crippen LogP contribution >= 0.6 is 22.7 Å². The summed E-state index contributed by atoms with van der Waals surface area (Å²) in [5, 5.41) is 8.14. The highest BCUT2D eigenvalue weighted by Crippen LogP contribution is 2.27. The third-order valence-electron chi connectivity index (χ3n) is 3.17. The van der Waals surface area contributed by atoms with E-state index in [0.29, 0.717) is 6.54 Å². The Labute approximate surface area is 125 Å². The second-order valence-corrected chi connectivity index (χ2v) is 6.50. The number of anilines is 1. The van der Waals surface area contributed by atoms with Gasteiger partial charge in [-0.1, -0.05) is 0 Å². The van der Waals surface area contributed by atoms with E-state index < -0.39 is 0 Å². The number of benzene rings is 1. The number of thiophene rings is 2. The van der Waals surface area contributed by atoms with E-state index in [1.54, 1.807) is 11.3 Å². The first-order valence-electron chi connectivity index (χ1n) is 6.22. The first-order valence-corrected chi connectivity index (χ1v) is 7.98. The Morgan fingerprint density at radius 3 is 2.90 bits per heavy atom. The molecule has 0 radical (unpaired) electrons. The largest absolute Gasteiger partial charge is 0.399 e. The average molecular weight is 302 g/mol. The molecule has 2 aromatic heterocycles. The number of hydrogen-bond donors (Lipinski definition) is 2. The van der Waals surface area contributed by atoms with Crippen LogP contribution in [0.15, 0.2) is 35.0 Å². The average Bonchev–Trinajstić information content (AvgIpc) is 3.01. The van der Waals surface area contributed by atoms with Gasteiger partial charge in [-0.15, -0.1) is 11.3 Å². The zero-order valence-corrected chi connectivity index (χ0v) is 12.6. The molecule has 0 unspecified atom stereocenters. The van der Waals surface area contributed by atoms with Crippen molar-refractivity contribution in [1.29, 1.82) is 0 Å². The second kappa shape index (κ2) is 5.26. The molecule has 0 aliphatic heterocycles. The summed E-state index contributed by atoms with van der Waals surface area (Å²) in [7, 11) is 0. The minimum absolute atomic E-state index is 0.0321. The number of nitrogens with one attached hydrogen (secondary N) is 1. The lowest BCUT2D eigenvalue weighted by Crippen LogP contribution is -2.21. The van der Waals surface area contributed by atoms with Crippen molar-refractivity contribution < 1.29 is 4.79 Å². The highest BCUT2D eigenvalue weighted by Gasteiger charge is 2.10. The van der Waals surface area contributed by atoms with Gasteiger partial charge < -0.3 is 11.1 Å². The van der Waals surface area contributed by atoms with E-state index in [1.807, 2.05) is 24.3 Å². The summed E-state index contributed by atoms with van der Waals surface area (Å²) in [5.41, 5.74) is 8.87. The van der Waals surface area contributed by atoms with Crippen LogP contribution in [0.4, 0.5) is 5.69 Å². The lowest BCUT2D eigenvalue weighted by atomic mass is 10.2. The molecule has 1 aromatic carbocycles. The number of aryl methyl sites for hydroxylation is 1. The molecule has 0 aliphatic carbocycles. The highest BCUT2D eigenvalue weighted by atomic mass is 32.1. The van der Waals surface area contributed by atoms with Crippen molar-refractivity contribution in [3.8, 4) is 0 Å².